The number of halogens is 3. The SMILES string of the molecule is Cc1ccc(F)cc1C(NN)c1ccc(Cl)cc1Cl. The van der Waals surface area contributed by atoms with E-state index in [4.69, 9.17) is 29.0 Å². The van der Waals surface area contributed by atoms with Gasteiger partial charge in [-0.2, -0.15) is 0 Å². The highest BCUT2D eigenvalue weighted by atomic mass is 35.5. The molecule has 1 atom stereocenters. The molecule has 3 N–H and O–H groups in total. The minimum Gasteiger partial charge on any atom is -0.271 e. The first-order valence-corrected chi connectivity index (χ1v) is 6.45. The van der Waals surface area contributed by atoms with Crippen LogP contribution in [0.15, 0.2) is 36.4 Å². The summed E-state index contributed by atoms with van der Waals surface area (Å²) >= 11 is 12.0. The Bertz CT molecular complexity index is 602. The van der Waals surface area contributed by atoms with Gasteiger partial charge in [0.1, 0.15) is 5.82 Å². The topological polar surface area (TPSA) is 38.0 Å². The van der Waals surface area contributed by atoms with E-state index in [9.17, 15) is 4.39 Å². The van der Waals surface area contributed by atoms with Crippen LogP contribution in [0.2, 0.25) is 10.0 Å². The molecule has 0 amide bonds. The summed E-state index contributed by atoms with van der Waals surface area (Å²) in [6.45, 7) is 1.89. The van der Waals surface area contributed by atoms with E-state index in [0.717, 1.165) is 16.7 Å². The van der Waals surface area contributed by atoms with Gasteiger partial charge in [-0.25, -0.2) is 9.82 Å². The van der Waals surface area contributed by atoms with Gasteiger partial charge in [0.25, 0.3) is 0 Å². The Morgan fingerprint density at radius 2 is 1.84 bits per heavy atom. The standard InChI is InChI=1S/C14H13Cl2FN2/c1-8-2-4-10(17)7-12(8)14(19-18)11-5-3-9(15)6-13(11)16/h2-7,14,19H,18H2,1H3. The third-order valence-corrected chi connectivity index (χ3v) is 3.55. The molecule has 0 fully saturated rings. The van der Waals surface area contributed by atoms with Gasteiger partial charge < -0.3 is 0 Å². The second kappa shape index (κ2) is 5.88. The summed E-state index contributed by atoms with van der Waals surface area (Å²) in [6, 6.07) is 9.32. The van der Waals surface area contributed by atoms with Gasteiger partial charge in [0.2, 0.25) is 0 Å². The molecule has 0 heterocycles. The number of nitrogens with one attached hydrogen (secondary N) is 1. The number of hydrogen-bond acceptors (Lipinski definition) is 2. The van der Waals surface area contributed by atoms with E-state index in [0.29, 0.717) is 10.0 Å². The smallest absolute Gasteiger partial charge is 0.123 e. The van der Waals surface area contributed by atoms with E-state index in [2.05, 4.69) is 5.43 Å². The fourth-order valence-corrected chi connectivity index (χ4v) is 2.52. The first-order valence-electron chi connectivity index (χ1n) is 5.70. The number of benzene rings is 2. The van der Waals surface area contributed by atoms with Crippen molar-refractivity contribution in [3.8, 4) is 0 Å². The van der Waals surface area contributed by atoms with E-state index in [1.54, 1.807) is 24.3 Å². The average Bonchev–Trinajstić information content (AvgIpc) is 2.36. The van der Waals surface area contributed by atoms with E-state index in [-0.39, 0.29) is 11.9 Å². The lowest BCUT2D eigenvalue weighted by Crippen LogP contribution is -2.29. The Morgan fingerprint density at radius 1 is 1.11 bits per heavy atom. The maximum absolute atomic E-state index is 13.4. The Balaban J connectivity index is 2.52. The normalized spacial score (nSPS) is 12.5. The highest BCUT2D eigenvalue weighted by molar-refractivity contribution is 6.35. The van der Waals surface area contributed by atoms with Gasteiger partial charge in [-0.1, -0.05) is 35.3 Å². The fraction of sp³-hybridized carbons (Fsp3) is 0.143. The lowest BCUT2D eigenvalue weighted by atomic mass is 9.95. The quantitative estimate of drug-likeness (QED) is 0.664. The van der Waals surface area contributed by atoms with Crippen LogP contribution in [0.1, 0.15) is 22.7 Å². The second-order valence-corrected chi connectivity index (χ2v) is 5.11. The molecule has 19 heavy (non-hydrogen) atoms. The number of hydrazine groups is 1. The molecular weight excluding hydrogens is 286 g/mol. The summed E-state index contributed by atoms with van der Waals surface area (Å²) in [4.78, 5) is 0. The van der Waals surface area contributed by atoms with Gasteiger partial charge in [-0.15, -0.1) is 0 Å². The predicted octanol–water partition coefficient (Wildman–Crippen LogP) is 3.99. The molecule has 0 saturated heterocycles. The van der Waals surface area contributed by atoms with Crippen LogP contribution in [-0.2, 0) is 0 Å². The molecule has 1 unspecified atom stereocenters. The van der Waals surface area contributed by atoms with Crippen molar-refractivity contribution in [3.05, 3.63) is 69.0 Å². The van der Waals surface area contributed by atoms with Crippen LogP contribution < -0.4 is 11.3 Å². The van der Waals surface area contributed by atoms with E-state index < -0.39 is 0 Å². The van der Waals surface area contributed by atoms with Crippen molar-refractivity contribution in [2.75, 3.05) is 0 Å². The molecule has 0 radical (unpaired) electrons. The Hall–Kier alpha value is -1.13. The highest BCUT2D eigenvalue weighted by Gasteiger charge is 2.18. The maximum atomic E-state index is 13.4. The summed E-state index contributed by atoms with van der Waals surface area (Å²) < 4.78 is 13.4. The van der Waals surface area contributed by atoms with Gasteiger partial charge in [-0.05, 0) is 47.9 Å². The summed E-state index contributed by atoms with van der Waals surface area (Å²) in [5, 5.41) is 1.03. The molecule has 0 aliphatic carbocycles. The molecule has 0 spiro atoms. The lowest BCUT2D eigenvalue weighted by Gasteiger charge is -2.20. The predicted molar refractivity (Wildman–Crippen MR) is 76.8 cm³/mol. The summed E-state index contributed by atoms with van der Waals surface area (Å²) in [6.07, 6.45) is 0. The van der Waals surface area contributed by atoms with E-state index >= 15 is 0 Å². The van der Waals surface area contributed by atoms with Crippen LogP contribution in [0.3, 0.4) is 0 Å². The van der Waals surface area contributed by atoms with Crippen LogP contribution in [0, 0.1) is 12.7 Å². The number of hydrogen-bond donors (Lipinski definition) is 2. The molecule has 0 saturated carbocycles. The van der Waals surface area contributed by atoms with E-state index in [1.807, 2.05) is 6.92 Å². The highest BCUT2D eigenvalue weighted by Crippen LogP contribution is 2.31. The van der Waals surface area contributed by atoms with Gasteiger partial charge in [0.15, 0.2) is 0 Å². The van der Waals surface area contributed by atoms with Crippen LogP contribution in [0.4, 0.5) is 4.39 Å². The largest absolute Gasteiger partial charge is 0.271 e. The summed E-state index contributed by atoms with van der Waals surface area (Å²) in [5.74, 6) is 5.28. The second-order valence-electron chi connectivity index (χ2n) is 4.27. The maximum Gasteiger partial charge on any atom is 0.123 e. The van der Waals surface area contributed by atoms with Crippen molar-refractivity contribution in [1.82, 2.24) is 5.43 Å². The molecule has 100 valence electrons. The number of nitrogens with two attached hydrogens (primary N) is 1. The fourth-order valence-electron chi connectivity index (χ4n) is 2.01. The van der Waals surface area contributed by atoms with Crippen LogP contribution >= 0.6 is 23.2 Å². The zero-order valence-electron chi connectivity index (χ0n) is 10.3. The third-order valence-electron chi connectivity index (χ3n) is 2.99. The van der Waals surface area contributed by atoms with Crippen molar-refractivity contribution >= 4 is 23.2 Å². The Morgan fingerprint density at radius 3 is 2.47 bits per heavy atom. The molecule has 0 aliphatic rings. The van der Waals surface area contributed by atoms with Crippen LogP contribution in [0.25, 0.3) is 0 Å². The molecule has 0 bridgehead atoms. The van der Waals surface area contributed by atoms with Gasteiger partial charge >= 0.3 is 0 Å². The summed E-state index contributed by atoms with van der Waals surface area (Å²) in [7, 11) is 0. The van der Waals surface area contributed by atoms with Crippen LogP contribution in [0.5, 0.6) is 0 Å². The van der Waals surface area contributed by atoms with Gasteiger partial charge in [0.05, 0.1) is 6.04 Å². The minimum absolute atomic E-state index is 0.314. The van der Waals surface area contributed by atoms with Crippen molar-refractivity contribution in [2.24, 2.45) is 5.84 Å². The third kappa shape index (κ3) is 3.07. The zero-order valence-corrected chi connectivity index (χ0v) is 11.8. The van der Waals surface area contributed by atoms with Crippen molar-refractivity contribution in [1.29, 1.82) is 0 Å². The molecular formula is C14H13Cl2FN2. The average molecular weight is 299 g/mol. The molecule has 2 aromatic rings. The monoisotopic (exact) mass is 298 g/mol. The zero-order chi connectivity index (χ0) is 14.0. The molecule has 2 rings (SSSR count). The van der Waals surface area contributed by atoms with Crippen LogP contribution in [-0.4, -0.2) is 0 Å². The van der Waals surface area contributed by atoms with E-state index in [1.165, 1.54) is 12.1 Å². The first-order chi connectivity index (χ1) is 9.02. The molecule has 0 aliphatic heterocycles. The van der Waals surface area contributed by atoms with Gasteiger partial charge in [0, 0.05) is 10.0 Å². The van der Waals surface area contributed by atoms with Crippen molar-refractivity contribution in [3.63, 3.8) is 0 Å². The minimum atomic E-state index is -0.388. The number of rotatable bonds is 3. The van der Waals surface area contributed by atoms with Crippen molar-refractivity contribution < 1.29 is 4.39 Å². The lowest BCUT2D eigenvalue weighted by molar-refractivity contribution is 0.603. The Labute approximate surface area is 121 Å². The molecule has 2 nitrogen and oxygen atoms in total. The summed E-state index contributed by atoms with van der Waals surface area (Å²) in [5.41, 5.74) is 5.09. The molecule has 0 aromatic heterocycles. The molecule has 2 aromatic carbocycles. The first kappa shape index (κ1) is 14.3. The van der Waals surface area contributed by atoms with Gasteiger partial charge in [-0.3, -0.25) is 5.84 Å². The van der Waals surface area contributed by atoms with Crippen molar-refractivity contribution in [2.45, 2.75) is 13.0 Å². The number of aryl methyl sites for hydroxylation is 1. The molecule has 5 heteroatoms. The Kier molecular flexibility index (Phi) is 4.42.